The van der Waals surface area contributed by atoms with Gasteiger partial charge in [0.2, 0.25) is 0 Å². The van der Waals surface area contributed by atoms with E-state index in [1.165, 1.54) is 32.1 Å². The lowest BCUT2D eigenvalue weighted by atomic mass is 10.1. The molecule has 0 saturated heterocycles. The van der Waals surface area contributed by atoms with E-state index in [-0.39, 0.29) is 0 Å². The quantitative estimate of drug-likeness (QED) is 0.728. The van der Waals surface area contributed by atoms with Crippen LogP contribution in [0, 0.1) is 0 Å². The van der Waals surface area contributed by atoms with Gasteiger partial charge in [0.25, 0.3) is 0 Å². The fourth-order valence-electron chi connectivity index (χ4n) is 1.20. The van der Waals surface area contributed by atoms with Gasteiger partial charge in [-0.05, 0) is 18.6 Å². The molecule has 0 atom stereocenters. The van der Waals surface area contributed by atoms with Gasteiger partial charge < -0.3 is 5.11 Å². The number of aliphatic hydroxyl groups excluding tert-OH is 1. The number of hydrogen-bond donors (Lipinski definition) is 1. The number of rotatable bonds is 6. The van der Waals surface area contributed by atoms with Crippen molar-refractivity contribution in [1.82, 2.24) is 4.98 Å². The second-order valence-electron chi connectivity index (χ2n) is 3.52. The second-order valence-corrected chi connectivity index (χ2v) is 3.52. The van der Waals surface area contributed by atoms with E-state index in [9.17, 15) is 0 Å². The molecule has 0 saturated carbocycles. The zero-order chi connectivity index (χ0) is 11.2. The molecule has 2 nitrogen and oxygen atoms in total. The normalized spacial score (nSPS) is 9.20. The van der Waals surface area contributed by atoms with Gasteiger partial charge in [-0.1, -0.05) is 45.1 Å². The average molecular weight is 209 g/mol. The predicted octanol–water partition coefficient (Wildman–Crippen LogP) is 3.42. The van der Waals surface area contributed by atoms with Crippen LogP contribution >= 0.6 is 0 Å². The molecule has 0 fully saturated rings. The molecule has 86 valence electrons. The molecule has 0 aromatic carbocycles. The zero-order valence-corrected chi connectivity index (χ0v) is 9.73. The second kappa shape index (κ2) is 13.1. The molecular formula is C13H23NO. The van der Waals surface area contributed by atoms with E-state index in [4.69, 9.17) is 5.11 Å². The Labute approximate surface area is 93.4 Å². The van der Waals surface area contributed by atoms with Crippen LogP contribution in [0.5, 0.6) is 0 Å². The van der Waals surface area contributed by atoms with E-state index < -0.39 is 0 Å². The molecule has 1 rings (SSSR count). The van der Waals surface area contributed by atoms with Crippen LogP contribution in [0.3, 0.4) is 0 Å². The minimum absolute atomic E-state index is 0.367. The van der Waals surface area contributed by atoms with Crippen molar-refractivity contribution >= 4 is 0 Å². The maximum absolute atomic E-state index is 8.42. The Balaban J connectivity index is 0.000000280. The molecule has 0 amide bonds. The van der Waals surface area contributed by atoms with Crippen molar-refractivity contribution in [1.29, 1.82) is 0 Å². The van der Waals surface area contributed by atoms with Crippen LogP contribution in [0.25, 0.3) is 0 Å². The molecule has 0 aliphatic rings. The van der Waals surface area contributed by atoms with Gasteiger partial charge in [0.1, 0.15) is 0 Å². The van der Waals surface area contributed by atoms with Crippen LogP contribution < -0.4 is 0 Å². The van der Waals surface area contributed by atoms with Crippen LogP contribution in [-0.2, 0) is 0 Å². The Kier molecular flexibility index (Phi) is 12.3. The number of nitrogens with zero attached hydrogens (tertiary/aromatic N) is 1. The summed E-state index contributed by atoms with van der Waals surface area (Å²) < 4.78 is 0. The Morgan fingerprint density at radius 1 is 0.867 bits per heavy atom. The molecule has 0 spiro atoms. The summed E-state index contributed by atoms with van der Waals surface area (Å²) in [6, 6.07) is 5.72. The Bertz CT molecular complexity index is 156. The molecule has 0 aliphatic heterocycles. The summed E-state index contributed by atoms with van der Waals surface area (Å²) >= 11 is 0. The summed E-state index contributed by atoms with van der Waals surface area (Å²) in [6.45, 7) is 2.58. The molecule has 15 heavy (non-hydrogen) atoms. The third kappa shape index (κ3) is 13.1. The summed E-state index contributed by atoms with van der Waals surface area (Å²) in [6.07, 6.45) is 11.0. The van der Waals surface area contributed by atoms with Crippen molar-refractivity contribution in [2.45, 2.75) is 45.4 Å². The first kappa shape index (κ1) is 14.1. The van der Waals surface area contributed by atoms with Crippen LogP contribution in [0.15, 0.2) is 30.6 Å². The van der Waals surface area contributed by atoms with Crippen molar-refractivity contribution in [3.05, 3.63) is 30.6 Å². The number of pyridine rings is 1. The van der Waals surface area contributed by atoms with Gasteiger partial charge in [-0.3, -0.25) is 4.98 Å². The first-order chi connectivity index (χ1) is 7.41. The maximum Gasteiger partial charge on any atom is 0.0431 e. The van der Waals surface area contributed by atoms with E-state index in [2.05, 4.69) is 11.9 Å². The van der Waals surface area contributed by atoms with Crippen molar-refractivity contribution in [3.63, 3.8) is 0 Å². The molecule has 1 N–H and O–H groups in total. The smallest absolute Gasteiger partial charge is 0.0431 e. The Hall–Kier alpha value is -0.890. The van der Waals surface area contributed by atoms with Crippen molar-refractivity contribution < 1.29 is 5.11 Å². The number of unbranched alkanes of at least 4 members (excludes halogenated alkanes) is 5. The van der Waals surface area contributed by atoms with Gasteiger partial charge in [0.15, 0.2) is 0 Å². The summed E-state index contributed by atoms with van der Waals surface area (Å²) in [5.41, 5.74) is 0. The van der Waals surface area contributed by atoms with Crippen LogP contribution in [0.4, 0.5) is 0 Å². The highest BCUT2D eigenvalue weighted by molar-refractivity contribution is 4.88. The SMILES string of the molecule is CCCCCCCCO.c1ccncc1. The topological polar surface area (TPSA) is 33.1 Å². The fourth-order valence-corrected chi connectivity index (χ4v) is 1.20. The molecular weight excluding hydrogens is 186 g/mol. The van der Waals surface area contributed by atoms with E-state index >= 15 is 0 Å². The third-order valence-electron chi connectivity index (χ3n) is 2.08. The zero-order valence-electron chi connectivity index (χ0n) is 9.73. The van der Waals surface area contributed by atoms with E-state index in [0.717, 1.165) is 6.42 Å². The van der Waals surface area contributed by atoms with Gasteiger partial charge >= 0.3 is 0 Å². The van der Waals surface area contributed by atoms with Gasteiger partial charge in [-0.15, -0.1) is 0 Å². The summed E-state index contributed by atoms with van der Waals surface area (Å²) in [7, 11) is 0. The highest BCUT2D eigenvalue weighted by Gasteiger charge is 1.86. The average Bonchev–Trinajstić information content (AvgIpc) is 2.32. The molecule has 1 aromatic rings. The largest absolute Gasteiger partial charge is 0.396 e. The van der Waals surface area contributed by atoms with Gasteiger partial charge in [0, 0.05) is 19.0 Å². The first-order valence-corrected chi connectivity index (χ1v) is 5.87. The summed E-state index contributed by atoms with van der Waals surface area (Å²) in [5, 5.41) is 8.42. The molecule has 0 radical (unpaired) electrons. The lowest BCUT2D eigenvalue weighted by Crippen LogP contribution is -1.82. The number of aromatic nitrogens is 1. The number of aliphatic hydroxyl groups is 1. The van der Waals surface area contributed by atoms with E-state index in [1.54, 1.807) is 12.4 Å². The maximum atomic E-state index is 8.42. The van der Waals surface area contributed by atoms with Gasteiger partial charge in [-0.2, -0.15) is 0 Å². The lowest BCUT2D eigenvalue weighted by Gasteiger charge is -1.95. The van der Waals surface area contributed by atoms with Crippen molar-refractivity contribution in [2.24, 2.45) is 0 Å². The minimum atomic E-state index is 0.367. The Morgan fingerprint density at radius 2 is 1.47 bits per heavy atom. The van der Waals surface area contributed by atoms with Gasteiger partial charge in [-0.25, -0.2) is 0 Å². The molecule has 0 bridgehead atoms. The molecule has 1 aromatic heterocycles. The van der Waals surface area contributed by atoms with E-state index in [1.807, 2.05) is 18.2 Å². The highest BCUT2D eigenvalue weighted by atomic mass is 16.2. The van der Waals surface area contributed by atoms with Crippen LogP contribution in [0.1, 0.15) is 45.4 Å². The summed E-state index contributed by atoms with van der Waals surface area (Å²) in [5.74, 6) is 0. The molecule has 1 heterocycles. The standard InChI is InChI=1S/C8H18O.C5H5N/c1-2-3-4-5-6-7-8-9;1-2-4-6-5-3-1/h9H,2-8H2,1H3;1-5H. The van der Waals surface area contributed by atoms with Gasteiger partial charge in [0.05, 0.1) is 0 Å². The first-order valence-electron chi connectivity index (χ1n) is 5.87. The van der Waals surface area contributed by atoms with E-state index in [0.29, 0.717) is 6.61 Å². The third-order valence-corrected chi connectivity index (χ3v) is 2.08. The van der Waals surface area contributed by atoms with Crippen LogP contribution in [-0.4, -0.2) is 16.7 Å². The fraction of sp³-hybridized carbons (Fsp3) is 0.615. The highest BCUT2D eigenvalue weighted by Crippen LogP contribution is 2.03. The van der Waals surface area contributed by atoms with Crippen LogP contribution in [0.2, 0.25) is 0 Å². The minimum Gasteiger partial charge on any atom is -0.396 e. The molecule has 0 unspecified atom stereocenters. The van der Waals surface area contributed by atoms with Crippen molar-refractivity contribution in [3.8, 4) is 0 Å². The lowest BCUT2D eigenvalue weighted by molar-refractivity contribution is 0.282. The molecule has 0 aliphatic carbocycles. The monoisotopic (exact) mass is 209 g/mol. The number of hydrogen-bond acceptors (Lipinski definition) is 2. The summed E-state index contributed by atoms with van der Waals surface area (Å²) in [4.78, 5) is 3.78. The Morgan fingerprint density at radius 3 is 1.87 bits per heavy atom. The predicted molar refractivity (Wildman–Crippen MR) is 64.7 cm³/mol. The van der Waals surface area contributed by atoms with Crippen molar-refractivity contribution in [2.75, 3.05) is 6.61 Å². The molecule has 2 heteroatoms.